The fourth-order valence-corrected chi connectivity index (χ4v) is 3.54. The molecule has 3 N–H and O–H groups in total. The van der Waals surface area contributed by atoms with E-state index in [9.17, 15) is 9.60 Å². The number of aromatic nitrogens is 1. The third-order valence-electron chi connectivity index (χ3n) is 4.57. The van der Waals surface area contributed by atoms with E-state index in [0.29, 0.717) is 23.2 Å². The molecule has 0 atom stereocenters. The standard InChI is InChI=1S/C19H17F2N3O/c1-19(2)9-14(24-25)16-13(23-19)8-12(20)15(17(16)21)11-5-3-4-10-6-7-22-18(10)11/h3-8,22-23,25H,9H2,1-2H3/b24-14+. The van der Waals surface area contributed by atoms with Crippen LogP contribution in [0.1, 0.15) is 25.8 Å². The maximum absolute atomic E-state index is 15.3. The van der Waals surface area contributed by atoms with Crippen LogP contribution in [-0.2, 0) is 0 Å². The molecule has 0 amide bonds. The Morgan fingerprint density at radius 1 is 1.16 bits per heavy atom. The average molecular weight is 341 g/mol. The van der Waals surface area contributed by atoms with Crippen LogP contribution >= 0.6 is 0 Å². The van der Waals surface area contributed by atoms with Crippen LogP contribution in [0.5, 0.6) is 0 Å². The number of hydrogen-bond donors (Lipinski definition) is 3. The Bertz CT molecular complexity index is 1020. The topological polar surface area (TPSA) is 60.4 Å². The van der Waals surface area contributed by atoms with Gasteiger partial charge in [-0.25, -0.2) is 8.78 Å². The molecule has 6 heteroatoms. The zero-order chi connectivity index (χ0) is 17.8. The number of fused-ring (bicyclic) bond motifs is 2. The SMILES string of the molecule is CC1(C)C/C(=N\O)c2c(cc(F)c(-c3cccc4cc[nH]c34)c2F)N1. The van der Waals surface area contributed by atoms with Gasteiger partial charge in [-0.15, -0.1) is 0 Å². The Balaban J connectivity index is 2.02. The number of nitrogens with one attached hydrogen (secondary N) is 2. The molecule has 0 bridgehead atoms. The van der Waals surface area contributed by atoms with Gasteiger partial charge in [0, 0.05) is 29.4 Å². The molecule has 0 saturated carbocycles. The lowest BCUT2D eigenvalue weighted by molar-refractivity contribution is 0.316. The van der Waals surface area contributed by atoms with Gasteiger partial charge in [0.2, 0.25) is 0 Å². The molecule has 0 unspecified atom stereocenters. The van der Waals surface area contributed by atoms with Crippen molar-refractivity contribution in [3.63, 3.8) is 0 Å². The molecule has 4 nitrogen and oxygen atoms in total. The summed E-state index contributed by atoms with van der Waals surface area (Å²) in [6.45, 7) is 3.76. The lowest BCUT2D eigenvalue weighted by Crippen LogP contribution is -2.39. The van der Waals surface area contributed by atoms with Crippen LogP contribution in [0.2, 0.25) is 0 Å². The summed E-state index contributed by atoms with van der Waals surface area (Å²) in [5, 5.41) is 16.6. The van der Waals surface area contributed by atoms with Gasteiger partial charge in [0.25, 0.3) is 0 Å². The van der Waals surface area contributed by atoms with Crippen molar-refractivity contribution in [3.8, 4) is 11.1 Å². The van der Waals surface area contributed by atoms with Crippen molar-refractivity contribution in [2.75, 3.05) is 5.32 Å². The first-order chi connectivity index (χ1) is 11.9. The maximum Gasteiger partial charge on any atom is 0.145 e. The maximum atomic E-state index is 15.3. The summed E-state index contributed by atoms with van der Waals surface area (Å²) in [5.41, 5.74) is 1.11. The van der Waals surface area contributed by atoms with Gasteiger partial charge < -0.3 is 15.5 Å². The summed E-state index contributed by atoms with van der Waals surface area (Å²) in [6, 6.07) is 8.41. The van der Waals surface area contributed by atoms with Crippen LogP contribution < -0.4 is 5.32 Å². The molecule has 2 heterocycles. The minimum atomic E-state index is -0.729. The number of anilines is 1. The second kappa shape index (κ2) is 5.31. The van der Waals surface area contributed by atoms with Crippen LogP contribution in [0.15, 0.2) is 41.7 Å². The predicted molar refractivity (Wildman–Crippen MR) is 94.3 cm³/mol. The average Bonchev–Trinajstić information content (AvgIpc) is 3.02. The Morgan fingerprint density at radius 2 is 1.96 bits per heavy atom. The van der Waals surface area contributed by atoms with Crippen LogP contribution in [0.4, 0.5) is 14.5 Å². The first kappa shape index (κ1) is 15.6. The zero-order valence-electron chi connectivity index (χ0n) is 13.8. The van der Waals surface area contributed by atoms with Gasteiger partial charge in [-0.05, 0) is 31.4 Å². The van der Waals surface area contributed by atoms with E-state index in [-0.39, 0.29) is 16.8 Å². The molecule has 0 radical (unpaired) electrons. The lowest BCUT2D eigenvalue weighted by Gasteiger charge is -2.34. The third kappa shape index (κ3) is 2.36. The Kier molecular flexibility index (Phi) is 3.32. The van der Waals surface area contributed by atoms with Crippen LogP contribution in [0, 0.1) is 11.6 Å². The third-order valence-corrected chi connectivity index (χ3v) is 4.57. The molecule has 4 rings (SSSR count). The number of benzene rings is 2. The highest BCUT2D eigenvalue weighted by Gasteiger charge is 2.34. The van der Waals surface area contributed by atoms with Crippen molar-refractivity contribution in [1.29, 1.82) is 0 Å². The van der Waals surface area contributed by atoms with Gasteiger partial charge in [0.05, 0.1) is 22.4 Å². The van der Waals surface area contributed by atoms with Crippen molar-refractivity contribution >= 4 is 22.3 Å². The van der Waals surface area contributed by atoms with E-state index in [2.05, 4.69) is 15.5 Å². The minimum Gasteiger partial charge on any atom is -0.411 e. The van der Waals surface area contributed by atoms with Gasteiger partial charge in [-0.2, -0.15) is 0 Å². The van der Waals surface area contributed by atoms with Gasteiger partial charge in [0.1, 0.15) is 11.6 Å². The molecule has 0 saturated heterocycles. The van der Waals surface area contributed by atoms with E-state index in [1.807, 2.05) is 26.0 Å². The molecule has 3 aromatic rings. The molecule has 0 aliphatic carbocycles. The normalized spacial score (nSPS) is 17.5. The molecule has 1 aliphatic rings. The fourth-order valence-electron chi connectivity index (χ4n) is 3.54. The second-order valence-corrected chi connectivity index (χ2v) is 6.95. The summed E-state index contributed by atoms with van der Waals surface area (Å²) >= 11 is 0. The smallest absolute Gasteiger partial charge is 0.145 e. The van der Waals surface area contributed by atoms with E-state index in [0.717, 1.165) is 5.39 Å². The van der Waals surface area contributed by atoms with Crippen LogP contribution in [0.25, 0.3) is 22.0 Å². The predicted octanol–water partition coefficient (Wildman–Crippen LogP) is 4.89. The number of rotatable bonds is 1. The van der Waals surface area contributed by atoms with Crippen molar-refractivity contribution in [2.45, 2.75) is 25.8 Å². The first-order valence-corrected chi connectivity index (χ1v) is 7.99. The minimum absolute atomic E-state index is 0.113. The molecule has 0 fully saturated rings. The summed E-state index contributed by atoms with van der Waals surface area (Å²) in [5.74, 6) is -1.39. The molecule has 0 spiro atoms. The van der Waals surface area contributed by atoms with Crippen molar-refractivity contribution < 1.29 is 14.0 Å². The van der Waals surface area contributed by atoms with E-state index in [4.69, 9.17) is 0 Å². The zero-order valence-corrected chi connectivity index (χ0v) is 13.8. The molecule has 25 heavy (non-hydrogen) atoms. The molecule has 1 aliphatic heterocycles. The fraction of sp³-hybridized carbons (Fsp3) is 0.211. The monoisotopic (exact) mass is 341 g/mol. The largest absolute Gasteiger partial charge is 0.411 e. The Morgan fingerprint density at radius 3 is 2.72 bits per heavy atom. The molecular weight excluding hydrogens is 324 g/mol. The van der Waals surface area contributed by atoms with E-state index >= 15 is 4.39 Å². The molecule has 2 aromatic carbocycles. The number of hydrogen-bond acceptors (Lipinski definition) is 3. The van der Waals surface area contributed by atoms with Crippen LogP contribution in [-0.4, -0.2) is 21.4 Å². The highest BCUT2D eigenvalue weighted by Crippen LogP contribution is 2.40. The number of para-hydroxylation sites is 1. The van der Waals surface area contributed by atoms with E-state index in [1.165, 1.54) is 6.07 Å². The van der Waals surface area contributed by atoms with Gasteiger partial charge >= 0.3 is 0 Å². The number of oxime groups is 1. The number of aromatic amines is 1. The van der Waals surface area contributed by atoms with Gasteiger partial charge in [-0.3, -0.25) is 0 Å². The molecular formula is C19H17F2N3O. The van der Waals surface area contributed by atoms with Crippen molar-refractivity contribution in [1.82, 2.24) is 4.98 Å². The van der Waals surface area contributed by atoms with Gasteiger partial charge in [-0.1, -0.05) is 23.4 Å². The lowest BCUT2D eigenvalue weighted by atomic mass is 9.85. The summed E-state index contributed by atoms with van der Waals surface area (Å²) < 4.78 is 30.2. The van der Waals surface area contributed by atoms with Crippen molar-refractivity contribution in [2.24, 2.45) is 5.16 Å². The highest BCUT2D eigenvalue weighted by molar-refractivity contribution is 6.09. The molecule has 1 aromatic heterocycles. The summed E-state index contributed by atoms with van der Waals surface area (Å²) in [7, 11) is 0. The van der Waals surface area contributed by atoms with Gasteiger partial charge in [0.15, 0.2) is 0 Å². The first-order valence-electron chi connectivity index (χ1n) is 7.99. The van der Waals surface area contributed by atoms with Crippen LogP contribution in [0.3, 0.4) is 0 Å². The quantitative estimate of drug-likeness (QED) is 0.436. The number of halogens is 2. The Labute approximate surface area is 143 Å². The number of H-pyrrole nitrogens is 1. The van der Waals surface area contributed by atoms with E-state index in [1.54, 1.807) is 18.3 Å². The van der Waals surface area contributed by atoms with Crippen molar-refractivity contribution in [3.05, 3.63) is 53.7 Å². The highest BCUT2D eigenvalue weighted by atomic mass is 19.1. The van der Waals surface area contributed by atoms with E-state index < -0.39 is 17.2 Å². The summed E-state index contributed by atoms with van der Waals surface area (Å²) in [6.07, 6.45) is 2.05. The molecule has 128 valence electrons. The second-order valence-electron chi connectivity index (χ2n) is 6.95. The number of nitrogens with zero attached hydrogens (tertiary/aromatic N) is 1. The summed E-state index contributed by atoms with van der Waals surface area (Å²) in [4.78, 5) is 3.03. The Hall–Kier alpha value is -2.89.